The van der Waals surface area contributed by atoms with Gasteiger partial charge in [0.1, 0.15) is 0 Å². The van der Waals surface area contributed by atoms with E-state index >= 15 is 0 Å². The molecule has 0 aromatic heterocycles. The Morgan fingerprint density at radius 2 is 1.67 bits per heavy atom. The van der Waals surface area contributed by atoms with E-state index in [-0.39, 0.29) is 31.2 Å². The van der Waals surface area contributed by atoms with Gasteiger partial charge in [-0.3, -0.25) is 24.1 Å². The van der Waals surface area contributed by atoms with Gasteiger partial charge in [0.15, 0.2) is 6.10 Å². The zero-order chi connectivity index (χ0) is 21.7. The Labute approximate surface area is 173 Å². The maximum absolute atomic E-state index is 12.3. The van der Waals surface area contributed by atoms with E-state index in [9.17, 15) is 19.2 Å². The highest BCUT2D eigenvalue weighted by molar-refractivity contribution is 6.21. The first-order valence-electron chi connectivity index (χ1n) is 9.36. The molecular formula is C22H19N3O5. The van der Waals surface area contributed by atoms with Crippen LogP contribution in [0.4, 0.5) is 5.69 Å². The minimum absolute atomic E-state index is 0.0398. The number of carbonyl (C=O) groups excluding carboxylic acids is 4. The highest BCUT2D eigenvalue weighted by atomic mass is 16.5. The van der Waals surface area contributed by atoms with Gasteiger partial charge in [-0.05, 0) is 49.7 Å². The Balaban J connectivity index is 1.44. The number of nitrogens with one attached hydrogen (secondary N) is 1. The molecule has 0 bridgehead atoms. The van der Waals surface area contributed by atoms with Gasteiger partial charge in [-0.25, -0.2) is 0 Å². The minimum Gasteiger partial charge on any atom is -0.453 e. The fourth-order valence-electron chi connectivity index (χ4n) is 3.01. The maximum Gasteiger partial charge on any atom is 0.306 e. The van der Waals surface area contributed by atoms with Crippen LogP contribution in [-0.4, -0.2) is 41.2 Å². The van der Waals surface area contributed by atoms with Crippen LogP contribution >= 0.6 is 0 Å². The molecule has 30 heavy (non-hydrogen) atoms. The smallest absolute Gasteiger partial charge is 0.306 e. The van der Waals surface area contributed by atoms with Crippen LogP contribution < -0.4 is 5.32 Å². The number of ether oxygens (including phenoxy) is 1. The van der Waals surface area contributed by atoms with Crippen LogP contribution in [0.3, 0.4) is 0 Å². The molecule has 152 valence electrons. The van der Waals surface area contributed by atoms with E-state index in [1.807, 2.05) is 6.07 Å². The lowest BCUT2D eigenvalue weighted by Crippen LogP contribution is -2.32. The maximum atomic E-state index is 12.3. The number of imide groups is 1. The van der Waals surface area contributed by atoms with Crippen molar-refractivity contribution < 1.29 is 23.9 Å². The van der Waals surface area contributed by atoms with Crippen molar-refractivity contribution in [2.75, 3.05) is 11.9 Å². The molecule has 2 aromatic rings. The fraction of sp³-hybridized carbons (Fsp3) is 0.227. The van der Waals surface area contributed by atoms with Crippen LogP contribution in [0.2, 0.25) is 0 Å². The Bertz CT molecular complexity index is 1000. The van der Waals surface area contributed by atoms with Crippen molar-refractivity contribution in [2.24, 2.45) is 0 Å². The molecule has 0 saturated heterocycles. The van der Waals surface area contributed by atoms with Crippen molar-refractivity contribution in [1.29, 1.82) is 5.26 Å². The average molecular weight is 405 g/mol. The van der Waals surface area contributed by atoms with Crippen LogP contribution in [0, 0.1) is 11.3 Å². The lowest BCUT2D eigenvalue weighted by molar-refractivity contribution is -0.153. The van der Waals surface area contributed by atoms with Crippen LogP contribution in [0.25, 0.3) is 0 Å². The van der Waals surface area contributed by atoms with Gasteiger partial charge in [-0.2, -0.15) is 5.26 Å². The molecule has 0 radical (unpaired) electrons. The summed E-state index contributed by atoms with van der Waals surface area (Å²) in [4.78, 5) is 49.8. The van der Waals surface area contributed by atoms with Crippen molar-refractivity contribution in [2.45, 2.75) is 25.9 Å². The summed E-state index contributed by atoms with van der Waals surface area (Å²) >= 11 is 0. The molecule has 2 aromatic carbocycles. The van der Waals surface area contributed by atoms with Crippen molar-refractivity contribution >= 4 is 29.4 Å². The van der Waals surface area contributed by atoms with Crippen molar-refractivity contribution in [3.63, 3.8) is 0 Å². The number of anilines is 1. The van der Waals surface area contributed by atoms with Gasteiger partial charge >= 0.3 is 5.97 Å². The summed E-state index contributed by atoms with van der Waals surface area (Å²) in [5.74, 6) is -1.86. The van der Waals surface area contributed by atoms with Crippen molar-refractivity contribution in [1.82, 2.24) is 4.90 Å². The summed E-state index contributed by atoms with van der Waals surface area (Å²) < 4.78 is 5.12. The highest BCUT2D eigenvalue weighted by Gasteiger charge is 2.34. The molecular weight excluding hydrogens is 386 g/mol. The van der Waals surface area contributed by atoms with Gasteiger partial charge in [0.2, 0.25) is 0 Å². The van der Waals surface area contributed by atoms with E-state index in [2.05, 4.69) is 5.32 Å². The first-order valence-corrected chi connectivity index (χ1v) is 9.36. The first kappa shape index (κ1) is 20.7. The van der Waals surface area contributed by atoms with Crippen LogP contribution in [0.5, 0.6) is 0 Å². The number of hydrogen-bond donors (Lipinski definition) is 1. The SMILES string of the molecule is C[C@H](OC(=O)CCCN1C(=O)c2ccccc2C1=O)C(=O)Nc1ccc(C#N)cc1. The predicted molar refractivity (Wildman–Crippen MR) is 106 cm³/mol. The standard InChI is InChI=1S/C22H19N3O5/c1-14(20(27)24-16-10-8-15(13-23)9-11-16)30-19(26)7-4-12-25-21(28)17-5-2-3-6-18(17)22(25)29/h2-3,5-6,8-11,14H,4,7,12H2,1H3,(H,24,27)/t14-/m0/s1. The highest BCUT2D eigenvalue weighted by Crippen LogP contribution is 2.22. The summed E-state index contributed by atoms with van der Waals surface area (Å²) in [6.07, 6.45) is -0.830. The molecule has 1 heterocycles. The van der Waals surface area contributed by atoms with Crippen LogP contribution in [-0.2, 0) is 14.3 Å². The second-order valence-electron chi connectivity index (χ2n) is 6.72. The zero-order valence-corrected chi connectivity index (χ0v) is 16.3. The summed E-state index contributed by atoms with van der Waals surface area (Å²) in [5, 5.41) is 11.4. The Kier molecular flexibility index (Phi) is 6.23. The number of amides is 3. The quantitative estimate of drug-likeness (QED) is 0.559. The van der Waals surface area contributed by atoms with Crippen molar-refractivity contribution in [3.05, 3.63) is 65.2 Å². The summed E-state index contributed by atoms with van der Waals surface area (Å²) in [6.45, 7) is 1.54. The number of esters is 1. The van der Waals surface area contributed by atoms with Crippen molar-refractivity contribution in [3.8, 4) is 6.07 Å². The fourth-order valence-corrected chi connectivity index (χ4v) is 3.01. The molecule has 0 fully saturated rings. The molecule has 0 unspecified atom stereocenters. The molecule has 0 aliphatic carbocycles. The van der Waals surface area contributed by atoms with Gasteiger partial charge in [0.05, 0.1) is 22.8 Å². The number of rotatable bonds is 7. The van der Waals surface area contributed by atoms with E-state index in [0.717, 1.165) is 4.90 Å². The first-order chi connectivity index (χ1) is 14.4. The summed E-state index contributed by atoms with van der Waals surface area (Å²) in [7, 11) is 0. The van der Waals surface area contributed by atoms with Gasteiger partial charge < -0.3 is 10.1 Å². The molecule has 8 heteroatoms. The zero-order valence-electron chi connectivity index (χ0n) is 16.3. The summed E-state index contributed by atoms with van der Waals surface area (Å²) in [5.41, 5.74) is 1.66. The van der Waals surface area contributed by atoms with E-state index in [1.54, 1.807) is 48.5 Å². The number of fused-ring (bicyclic) bond motifs is 1. The van der Waals surface area contributed by atoms with E-state index in [4.69, 9.17) is 10.00 Å². The number of nitriles is 1. The Morgan fingerprint density at radius 1 is 1.07 bits per heavy atom. The predicted octanol–water partition coefficient (Wildman–Crippen LogP) is 2.50. The lowest BCUT2D eigenvalue weighted by Gasteiger charge is -2.15. The molecule has 1 aliphatic rings. The minimum atomic E-state index is -1.02. The normalized spacial score (nSPS) is 13.4. The molecule has 8 nitrogen and oxygen atoms in total. The molecule has 1 atom stereocenters. The third-order valence-electron chi connectivity index (χ3n) is 4.60. The van der Waals surface area contributed by atoms with E-state index in [1.165, 1.54) is 6.92 Å². The van der Waals surface area contributed by atoms with Gasteiger partial charge in [-0.15, -0.1) is 0 Å². The van der Waals surface area contributed by atoms with E-state index in [0.29, 0.717) is 22.4 Å². The average Bonchev–Trinajstić information content (AvgIpc) is 2.99. The lowest BCUT2D eigenvalue weighted by atomic mass is 10.1. The summed E-state index contributed by atoms with van der Waals surface area (Å²) in [6, 6.07) is 14.8. The van der Waals surface area contributed by atoms with E-state index < -0.39 is 18.0 Å². The molecule has 0 saturated carbocycles. The Morgan fingerprint density at radius 3 is 2.23 bits per heavy atom. The van der Waals surface area contributed by atoms with Gasteiger partial charge in [-0.1, -0.05) is 12.1 Å². The molecule has 1 aliphatic heterocycles. The van der Waals surface area contributed by atoms with Gasteiger partial charge in [0.25, 0.3) is 17.7 Å². The monoisotopic (exact) mass is 405 g/mol. The second-order valence-corrected chi connectivity index (χ2v) is 6.72. The largest absolute Gasteiger partial charge is 0.453 e. The molecule has 0 spiro atoms. The Hall–Kier alpha value is -3.99. The molecule has 1 N–H and O–H groups in total. The van der Waals surface area contributed by atoms with Crippen LogP contribution in [0.15, 0.2) is 48.5 Å². The number of hydrogen-bond acceptors (Lipinski definition) is 6. The second kappa shape index (κ2) is 9.01. The number of nitrogens with zero attached hydrogens (tertiary/aromatic N) is 2. The topological polar surface area (TPSA) is 117 Å². The third kappa shape index (κ3) is 4.52. The number of carbonyl (C=O) groups is 4. The van der Waals surface area contributed by atoms with Crippen LogP contribution in [0.1, 0.15) is 46.0 Å². The van der Waals surface area contributed by atoms with Gasteiger partial charge in [0, 0.05) is 18.7 Å². The molecule has 3 amide bonds. The third-order valence-corrected chi connectivity index (χ3v) is 4.60. The number of benzene rings is 2. The molecule has 3 rings (SSSR count).